The molecular formula is C10H15FN5O10P3S. The summed E-state index contributed by atoms with van der Waals surface area (Å²) in [7, 11) is -13.6. The average molecular weight is 509 g/mol. The Morgan fingerprint density at radius 1 is 1.33 bits per heavy atom. The van der Waals surface area contributed by atoms with E-state index in [2.05, 4.69) is 35.4 Å². The molecular weight excluding hydrogens is 494 g/mol. The highest BCUT2D eigenvalue weighted by atomic mass is 32.4. The molecule has 1 aliphatic heterocycles. The standard InChI is InChI=1S/C10H15FN5O10P3S/c11-5-7(17)4(1-23-27(30)25-29(21,22)26-28(18,19)20)24-10(5)16-3-15-6-8(12)13-2-14-9(6)16/h2-5,7,10,17,27H,1H2,(H,21,22)(H2,12,13,14)(H2,18,19,20)/t4-,5+,7?,10-/m1/s1. The molecule has 15 nitrogen and oxygen atoms in total. The molecule has 0 spiro atoms. The number of alkyl halides is 1. The summed E-state index contributed by atoms with van der Waals surface area (Å²) in [5, 5.41) is 10.1. The van der Waals surface area contributed by atoms with E-state index in [-0.39, 0.29) is 17.0 Å². The molecule has 1 aliphatic rings. The molecule has 0 aliphatic carbocycles. The molecule has 3 unspecified atom stereocenters. The highest BCUT2D eigenvalue weighted by Gasteiger charge is 2.46. The fraction of sp³-hybridized carbons (Fsp3) is 0.500. The van der Waals surface area contributed by atoms with Crippen LogP contribution in [0.3, 0.4) is 0 Å². The van der Waals surface area contributed by atoms with Crippen LogP contribution in [0.25, 0.3) is 11.2 Å². The Hall–Kier alpha value is -0.930. The number of hydrogen-bond acceptors (Lipinski definition) is 12. The molecule has 20 heteroatoms. The third kappa shape index (κ3) is 5.46. The number of ether oxygens (including phenoxy) is 1. The van der Waals surface area contributed by atoms with Crippen LogP contribution in [0.1, 0.15) is 6.23 Å². The monoisotopic (exact) mass is 509 g/mol. The highest BCUT2D eigenvalue weighted by molar-refractivity contribution is 8.02. The smallest absolute Gasteiger partial charge is 0.387 e. The van der Waals surface area contributed by atoms with Crippen molar-refractivity contribution >= 4 is 51.6 Å². The molecule has 1 saturated heterocycles. The number of imidazole rings is 1. The molecule has 0 radical (unpaired) electrons. The largest absolute Gasteiger partial charge is 0.486 e. The number of aromatic nitrogens is 4. The summed E-state index contributed by atoms with van der Waals surface area (Å²) >= 11 is 4.68. The molecule has 3 heterocycles. The zero-order valence-corrected chi connectivity index (χ0v) is 18.1. The van der Waals surface area contributed by atoms with E-state index < -0.39 is 54.0 Å². The van der Waals surface area contributed by atoms with Crippen LogP contribution in [-0.4, -0.2) is 64.3 Å². The van der Waals surface area contributed by atoms with Crippen LogP contribution < -0.4 is 5.73 Å². The fourth-order valence-corrected chi connectivity index (χ4v) is 6.37. The summed E-state index contributed by atoms with van der Waals surface area (Å²) in [6, 6.07) is 0. The predicted octanol–water partition coefficient (Wildman–Crippen LogP) is -0.246. The zero-order valence-electron chi connectivity index (χ0n) is 14.5. The number of phosphoric acid groups is 2. The third-order valence-corrected chi connectivity index (χ3v) is 8.34. The molecule has 0 aromatic carbocycles. The summed E-state index contributed by atoms with van der Waals surface area (Å²) < 4.78 is 56.2. The van der Waals surface area contributed by atoms with Gasteiger partial charge in [-0.3, -0.25) is 4.57 Å². The lowest BCUT2D eigenvalue weighted by Crippen LogP contribution is -2.31. The quantitative estimate of drug-likeness (QED) is 0.290. The van der Waals surface area contributed by atoms with E-state index in [0.717, 1.165) is 6.33 Å². The van der Waals surface area contributed by atoms with Gasteiger partial charge in [0.25, 0.3) is 0 Å². The number of halogens is 1. The van der Waals surface area contributed by atoms with Crippen LogP contribution in [-0.2, 0) is 38.8 Å². The molecule has 6 atom stereocenters. The van der Waals surface area contributed by atoms with Gasteiger partial charge in [-0.1, -0.05) is 0 Å². The molecule has 2 aromatic rings. The Bertz CT molecular complexity index is 1050. The maximum Gasteiger partial charge on any atom is 0.486 e. The van der Waals surface area contributed by atoms with Gasteiger partial charge in [0, 0.05) is 0 Å². The van der Waals surface area contributed by atoms with Crippen molar-refractivity contribution in [2.45, 2.75) is 24.6 Å². The topological polar surface area (TPSA) is 222 Å². The van der Waals surface area contributed by atoms with Gasteiger partial charge in [-0.25, -0.2) is 32.8 Å². The number of aliphatic hydroxyl groups is 1. The maximum atomic E-state index is 14.6. The molecule has 0 amide bonds. The van der Waals surface area contributed by atoms with Crippen LogP contribution in [0.5, 0.6) is 0 Å². The number of nitrogen functional groups attached to an aromatic ring is 1. The highest BCUT2D eigenvalue weighted by Crippen LogP contribution is 2.62. The summed E-state index contributed by atoms with van der Waals surface area (Å²) in [6.45, 7) is -0.560. The van der Waals surface area contributed by atoms with E-state index in [1.54, 1.807) is 0 Å². The zero-order chi connectivity index (χ0) is 22.3. The number of rotatable bonds is 8. The summed E-state index contributed by atoms with van der Waals surface area (Å²) in [4.78, 5) is 38.0. The first-order chi connectivity index (χ1) is 13.9. The van der Waals surface area contributed by atoms with Gasteiger partial charge in [-0.15, -0.1) is 0 Å². The second kappa shape index (κ2) is 8.90. The van der Waals surface area contributed by atoms with Crippen molar-refractivity contribution in [2.24, 2.45) is 0 Å². The number of aliphatic hydroxyl groups excluding tert-OH is 1. The maximum absolute atomic E-state index is 14.6. The van der Waals surface area contributed by atoms with Crippen molar-refractivity contribution in [2.75, 3.05) is 12.3 Å². The van der Waals surface area contributed by atoms with Gasteiger partial charge in [0.1, 0.15) is 24.1 Å². The van der Waals surface area contributed by atoms with Crippen molar-refractivity contribution in [3.63, 3.8) is 0 Å². The molecule has 0 saturated carbocycles. The number of fused-ring (bicyclic) bond motifs is 1. The van der Waals surface area contributed by atoms with Gasteiger partial charge in [-0.05, 0) is 11.8 Å². The van der Waals surface area contributed by atoms with Gasteiger partial charge in [0.05, 0.1) is 12.9 Å². The van der Waals surface area contributed by atoms with E-state index in [4.69, 9.17) is 24.8 Å². The lowest BCUT2D eigenvalue weighted by atomic mass is 10.1. The number of anilines is 1. The second-order valence-corrected chi connectivity index (χ2v) is 10.9. The number of hydrogen-bond donors (Lipinski definition) is 5. The lowest BCUT2D eigenvalue weighted by Gasteiger charge is -2.17. The van der Waals surface area contributed by atoms with Crippen LogP contribution in [0.15, 0.2) is 12.7 Å². The lowest BCUT2D eigenvalue weighted by molar-refractivity contribution is -0.0403. The minimum atomic E-state index is -5.33. The average Bonchev–Trinajstić information content (AvgIpc) is 3.14. The Balaban J connectivity index is 1.64. The number of nitrogens with two attached hydrogens (primary N) is 1. The van der Waals surface area contributed by atoms with Crippen molar-refractivity contribution in [1.82, 2.24) is 19.5 Å². The van der Waals surface area contributed by atoms with Crippen molar-refractivity contribution in [3.05, 3.63) is 12.7 Å². The Kier molecular flexibility index (Phi) is 7.04. The number of nitrogens with zero attached hydrogens (tertiary/aromatic N) is 4. The van der Waals surface area contributed by atoms with Crippen LogP contribution in [0.2, 0.25) is 0 Å². The second-order valence-electron chi connectivity index (χ2n) is 5.78. The predicted molar refractivity (Wildman–Crippen MR) is 100 cm³/mol. The Morgan fingerprint density at radius 2 is 2.03 bits per heavy atom. The molecule has 2 aromatic heterocycles. The van der Waals surface area contributed by atoms with E-state index in [1.165, 1.54) is 10.9 Å². The van der Waals surface area contributed by atoms with Crippen molar-refractivity contribution < 1.29 is 51.2 Å². The molecule has 3 rings (SSSR count). The van der Waals surface area contributed by atoms with Gasteiger partial charge < -0.3 is 34.8 Å². The molecule has 6 N–H and O–H groups in total. The fourth-order valence-electron chi connectivity index (χ4n) is 2.54. The Labute approximate surface area is 172 Å². The summed E-state index contributed by atoms with van der Waals surface area (Å²) in [5.74, 6) is 0.0639. The van der Waals surface area contributed by atoms with Crippen molar-refractivity contribution in [1.29, 1.82) is 0 Å². The van der Waals surface area contributed by atoms with E-state index in [1.807, 2.05) is 0 Å². The normalized spacial score (nSPS) is 27.9. The van der Waals surface area contributed by atoms with Gasteiger partial charge in [0.2, 0.25) is 0 Å². The molecule has 0 bridgehead atoms. The van der Waals surface area contributed by atoms with Crippen LogP contribution in [0, 0.1) is 0 Å². The first-order valence-electron chi connectivity index (χ1n) is 7.74. The molecule has 30 heavy (non-hydrogen) atoms. The molecule has 1 fully saturated rings. The van der Waals surface area contributed by atoms with Crippen molar-refractivity contribution in [3.8, 4) is 0 Å². The van der Waals surface area contributed by atoms with E-state index in [0.29, 0.717) is 0 Å². The van der Waals surface area contributed by atoms with Gasteiger partial charge in [0.15, 0.2) is 31.0 Å². The first kappa shape index (κ1) is 23.7. The van der Waals surface area contributed by atoms with E-state index >= 15 is 0 Å². The minimum Gasteiger partial charge on any atom is -0.387 e. The molecule has 168 valence electrons. The Morgan fingerprint density at radius 3 is 2.70 bits per heavy atom. The van der Waals surface area contributed by atoms with E-state index in [9.17, 15) is 23.5 Å². The third-order valence-electron chi connectivity index (χ3n) is 3.72. The first-order valence-corrected chi connectivity index (χ1v) is 13.2. The van der Waals surface area contributed by atoms with Gasteiger partial charge in [-0.2, -0.15) is 4.31 Å². The van der Waals surface area contributed by atoms with Crippen LogP contribution in [0.4, 0.5) is 10.2 Å². The SMILES string of the molecule is Nc1ncnc2c1ncn2[C@@H]1O[C@H](CO[PH](=S)OP(=O)(O)OP(=O)(O)O)C(O)[C@@H]1F. The summed E-state index contributed by atoms with van der Waals surface area (Å²) in [6.07, 6.45) is -3.88. The van der Waals surface area contributed by atoms with Gasteiger partial charge >= 0.3 is 15.6 Å². The van der Waals surface area contributed by atoms with Crippen LogP contribution >= 0.6 is 22.8 Å². The summed E-state index contributed by atoms with van der Waals surface area (Å²) in [5.41, 5.74) is 6.04. The minimum absolute atomic E-state index is 0.0639.